The summed E-state index contributed by atoms with van der Waals surface area (Å²) in [6, 6.07) is 7.24. The molecule has 5 atom stereocenters. The van der Waals surface area contributed by atoms with Crippen LogP contribution in [0.4, 0.5) is 11.4 Å². The lowest BCUT2D eigenvalue weighted by Crippen LogP contribution is -2.55. The van der Waals surface area contributed by atoms with Crippen LogP contribution in [0.5, 0.6) is 0 Å². The number of benzene rings is 1. The number of hydrogen-bond donors (Lipinski definition) is 1. The number of ether oxygens (including phenoxy) is 1. The summed E-state index contributed by atoms with van der Waals surface area (Å²) in [7, 11) is 0. The number of nitrogens with zero attached hydrogens (tertiary/aromatic N) is 3. The molecule has 0 aliphatic carbocycles. The smallest absolute Gasteiger partial charge is 0.311 e. The van der Waals surface area contributed by atoms with Gasteiger partial charge in [-0.3, -0.25) is 14.4 Å². The lowest BCUT2D eigenvalue weighted by Gasteiger charge is -2.37. The van der Waals surface area contributed by atoms with Gasteiger partial charge < -0.3 is 24.5 Å². The quantitative estimate of drug-likeness (QED) is 0.186. The van der Waals surface area contributed by atoms with E-state index in [0.717, 1.165) is 30.9 Å². The number of likely N-dealkylation sites (tertiary alicyclic amines) is 1. The highest BCUT2D eigenvalue weighted by molar-refractivity contribution is 8.02. The number of aliphatic hydroxyl groups is 1. The van der Waals surface area contributed by atoms with Gasteiger partial charge in [-0.05, 0) is 77.1 Å². The fraction of sp³-hybridized carbons (Fsp3) is 0.594. The zero-order chi connectivity index (χ0) is 29.8. The van der Waals surface area contributed by atoms with Crippen molar-refractivity contribution in [3.8, 4) is 0 Å². The number of unbranched alkanes of at least 4 members (excludes halogenated alkanes) is 1. The van der Waals surface area contributed by atoms with Gasteiger partial charge >= 0.3 is 5.97 Å². The summed E-state index contributed by atoms with van der Waals surface area (Å²) in [6.07, 6.45) is 6.47. The molecule has 8 nitrogen and oxygen atoms in total. The summed E-state index contributed by atoms with van der Waals surface area (Å²) in [5.41, 5.74) is 1.83. The van der Waals surface area contributed by atoms with Crippen molar-refractivity contribution in [1.82, 2.24) is 4.90 Å². The van der Waals surface area contributed by atoms with E-state index >= 15 is 0 Å². The molecule has 1 N–H and O–H groups in total. The fourth-order valence-electron chi connectivity index (χ4n) is 7.06. The molecular weight excluding hydrogens is 538 g/mol. The maximum atomic E-state index is 14.7. The van der Waals surface area contributed by atoms with E-state index in [1.54, 1.807) is 33.7 Å². The van der Waals surface area contributed by atoms with E-state index in [0.29, 0.717) is 38.8 Å². The predicted octanol–water partition coefficient (Wildman–Crippen LogP) is 4.42. The highest BCUT2D eigenvalue weighted by atomic mass is 32.2. The molecule has 3 aliphatic rings. The first-order valence-electron chi connectivity index (χ1n) is 14.9. The van der Waals surface area contributed by atoms with Crippen LogP contribution in [0.15, 0.2) is 49.6 Å². The molecule has 0 radical (unpaired) electrons. The molecule has 41 heavy (non-hydrogen) atoms. The van der Waals surface area contributed by atoms with Crippen LogP contribution in [-0.4, -0.2) is 82.7 Å². The topological polar surface area (TPSA) is 90.4 Å². The summed E-state index contributed by atoms with van der Waals surface area (Å²) in [4.78, 5) is 48.0. The molecular formula is C32H45N3O5S. The second-order valence-corrected chi connectivity index (χ2v) is 13.3. The van der Waals surface area contributed by atoms with Crippen molar-refractivity contribution in [2.45, 2.75) is 68.4 Å². The van der Waals surface area contributed by atoms with Crippen LogP contribution < -0.4 is 9.80 Å². The van der Waals surface area contributed by atoms with E-state index in [1.165, 1.54) is 0 Å². The largest absolute Gasteiger partial charge is 0.465 e. The van der Waals surface area contributed by atoms with E-state index in [-0.39, 0.29) is 31.0 Å². The van der Waals surface area contributed by atoms with E-state index in [1.807, 2.05) is 31.2 Å². The second kappa shape index (κ2) is 13.0. The molecule has 3 aliphatic heterocycles. The Labute approximate surface area is 248 Å². The van der Waals surface area contributed by atoms with Gasteiger partial charge in [-0.2, -0.15) is 0 Å². The summed E-state index contributed by atoms with van der Waals surface area (Å²) in [5.74, 6) is -1.91. The Morgan fingerprint density at radius 1 is 1.12 bits per heavy atom. The van der Waals surface area contributed by atoms with Crippen molar-refractivity contribution < 1.29 is 24.2 Å². The van der Waals surface area contributed by atoms with Gasteiger partial charge in [-0.1, -0.05) is 12.2 Å². The number of esters is 1. The van der Waals surface area contributed by atoms with Crippen LogP contribution in [0.1, 0.15) is 52.9 Å². The number of thioether (sulfide) groups is 1. The van der Waals surface area contributed by atoms with Crippen LogP contribution in [0.25, 0.3) is 0 Å². The number of rotatable bonds is 15. The van der Waals surface area contributed by atoms with Crippen LogP contribution in [0, 0.1) is 11.8 Å². The Hall–Kier alpha value is -2.78. The second-order valence-electron chi connectivity index (χ2n) is 11.4. The van der Waals surface area contributed by atoms with E-state index in [2.05, 4.69) is 31.9 Å². The average Bonchev–Trinajstić information content (AvgIpc) is 3.53. The minimum Gasteiger partial charge on any atom is -0.465 e. The number of amides is 2. The first kappa shape index (κ1) is 31.2. The van der Waals surface area contributed by atoms with Gasteiger partial charge in [0, 0.05) is 48.9 Å². The Kier molecular flexibility index (Phi) is 9.90. The first-order chi connectivity index (χ1) is 19.7. The van der Waals surface area contributed by atoms with Crippen LogP contribution >= 0.6 is 11.8 Å². The predicted molar refractivity (Wildman–Crippen MR) is 165 cm³/mol. The molecule has 2 unspecified atom stereocenters. The molecule has 4 rings (SSSR count). The molecule has 2 bridgehead atoms. The van der Waals surface area contributed by atoms with Gasteiger partial charge in [0.05, 0.1) is 23.2 Å². The summed E-state index contributed by atoms with van der Waals surface area (Å²) < 4.78 is 4.44. The third-order valence-corrected chi connectivity index (χ3v) is 11.0. The van der Waals surface area contributed by atoms with Gasteiger partial charge in [-0.25, -0.2) is 0 Å². The summed E-state index contributed by atoms with van der Waals surface area (Å²) >= 11 is 1.64. The zero-order valence-electron chi connectivity index (χ0n) is 24.7. The molecule has 3 saturated heterocycles. The molecule has 1 aromatic rings. The van der Waals surface area contributed by atoms with Crippen molar-refractivity contribution in [2.24, 2.45) is 11.8 Å². The number of anilines is 2. The standard InChI is InChI=1S/C32H45N3O5S/c1-6-10-22-40-30(39)26-25-28(37)35(20-11-12-21-36)27(32(25)18-17-31(26,5)41-32)29(38)34(19-7-2)24-15-13-23(14-16-24)33(8-3)9-4/h6-7,13-16,25-27,36H,1-2,8-12,17-22H2,3-5H3/t25-,26+,27?,31-,32?/m0/s1. The Bertz CT molecular complexity index is 1140. The van der Waals surface area contributed by atoms with Gasteiger partial charge in [0.25, 0.3) is 5.91 Å². The highest BCUT2D eigenvalue weighted by Gasteiger charge is 2.77. The number of fused-ring (bicyclic) bond motifs is 1. The van der Waals surface area contributed by atoms with Crippen molar-refractivity contribution in [3.63, 3.8) is 0 Å². The van der Waals surface area contributed by atoms with Gasteiger partial charge in [0.15, 0.2) is 0 Å². The van der Waals surface area contributed by atoms with Crippen molar-refractivity contribution >= 4 is 40.9 Å². The number of carbonyl (C=O) groups is 3. The lowest BCUT2D eigenvalue weighted by molar-refractivity contribution is -0.155. The SMILES string of the molecule is C=CCCOC(=O)[C@H]1[C@H]2C(=O)N(CCCCO)C(C(=O)N(CC=C)c3ccc(N(CC)CC)cc3)C23CC[C@]1(C)S3. The van der Waals surface area contributed by atoms with E-state index in [4.69, 9.17) is 4.74 Å². The zero-order valence-corrected chi connectivity index (χ0v) is 25.5. The third kappa shape index (κ3) is 5.55. The molecule has 0 saturated carbocycles. The van der Waals surface area contributed by atoms with Crippen molar-refractivity contribution in [1.29, 1.82) is 0 Å². The number of carbonyl (C=O) groups excluding carboxylic acids is 3. The molecule has 0 aromatic heterocycles. The molecule has 9 heteroatoms. The number of aliphatic hydroxyl groups excluding tert-OH is 1. The normalized spacial score (nSPS) is 28.0. The van der Waals surface area contributed by atoms with Crippen LogP contribution in [0.3, 0.4) is 0 Å². The Morgan fingerprint density at radius 3 is 2.41 bits per heavy atom. The summed E-state index contributed by atoms with van der Waals surface area (Å²) in [6.45, 7) is 16.5. The molecule has 224 valence electrons. The van der Waals surface area contributed by atoms with E-state index < -0.39 is 27.4 Å². The highest BCUT2D eigenvalue weighted by Crippen LogP contribution is 2.71. The lowest BCUT2D eigenvalue weighted by atomic mass is 9.66. The monoisotopic (exact) mass is 583 g/mol. The fourth-order valence-corrected chi connectivity index (χ4v) is 9.40. The van der Waals surface area contributed by atoms with Gasteiger partial charge in [-0.15, -0.1) is 24.9 Å². The van der Waals surface area contributed by atoms with Gasteiger partial charge in [0.2, 0.25) is 5.91 Å². The minimum atomic E-state index is -0.723. The average molecular weight is 584 g/mol. The maximum Gasteiger partial charge on any atom is 0.311 e. The third-order valence-electron chi connectivity index (χ3n) is 9.01. The molecule has 1 aromatic carbocycles. The van der Waals surface area contributed by atoms with Crippen LogP contribution in [-0.2, 0) is 19.1 Å². The van der Waals surface area contributed by atoms with Crippen molar-refractivity contribution in [2.75, 3.05) is 49.2 Å². The van der Waals surface area contributed by atoms with Crippen molar-refractivity contribution in [3.05, 3.63) is 49.6 Å². The summed E-state index contributed by atoms with van der Waals surface area (Å²) in [5, 5.41) is 9.44. The molecule has 3 heterocycles. The first-order valence-corrected chi connectivity index (χ1v) is 15.7. The van der Waals surface area contributed by atoms with Gasteiger partial charge in [0.1, 0.15) is 6.04 Å². The Morgan fingerprint density at radius 2 is 1.80 bits per heavy atom. The van der Waals surface area contributed by atoms with Crippen LogP contribution in [0.2, 0.25) is 0 Å². The number of hydrogen-bond acceptors (Lipinski definition) is 7. The molecule has 1 spiro atoms. The maximum absolute atomic E-state index is 14.7. The molecule has 3 fully saturated rings. The molecule has 2 amide bonds. The minimum absolute atomic E-state index is 0.0156. The van der Waals surface area contributed by atoms with E-state index in [9.17, 15) is 19.5 Å². The Balaban J connectivity index is 1.72.